The van der Waals surface area contributed by atoms with Gasteiger partial charge in [0.25, 0.3) is 0 Å². The Bertz CT molecular complexity index is 421. The highest BCUT2D eigenvalue weighted by atomic mass is 16.5. The monoisotopic (exact) mass is 291 g/mol. The third kappa shape index (κ3) is 5.86. The smallest absolute Gasteiger partial charge is 0.308 e. The van der Waals surface area contributed by atoms with Crippen molar-refractivity contribution in [2.24, 2.45) is 0 Å². The Labute approximate surface area is 127 Å². The van der Waals surface area contributed by atoms with Crippen LogP contribution in [0.5, 0.6) is 0 Å². The van der Waals surface area contributed by atoms with Crippen LogP contribution in [0, 0.1) is 0 Å². The highest BCUT2D eigenvalue weighted by molar-refractivity contribution is 5.69. The van der Waals surface area contributed by atoms with E-state index in [9.17, 15) is 4.79 Å². The van der Waals surface area contributed by atoms with Crippen molar-refractivity contribution in [3.63, 3.8) is 0 Å². The lowest BCUT2D eigenvalue weighted by molar-refractivity contribution is -0.145. The SMILES string of the molecule is COC(=O)CC1CN(CCCCc2ccccc2)CCO1. The fourth-order valence-corrected chi connectivity index (χ4v) is 2.69. The van der Waals surface area contributed by atoms with Gasteiger partial charge in [-0.25, -0.2) is 0 Å². The second-order valence-electron chi connectivity index (χ2n) is 5.52. The average Bonchev–Trinajstić information content (AvgIpc) is 2.53. The molecule has 1 unspecified atom stereocenters. The summed E-state index contributed by atoms with van der Waals surface area (Å²) in [5.41, 5.74) is 1.41. The Morgan fingerprint density at radius 2 is 2.14 bits per heavy atom. The maximum absolute atomic E-state index is 11.3. The Hall–Kier alpha value is -1.39. The van der Waals surface area contributed by atoms with E-state index < -0.39 is 0 Å². The molecule has 0 saturated carbocycles. The minimum atomic E-state index is -0.189. The van der Waals surface area contributed by atoms with Crippen molar-refractivity contribution in [3.05, 3.63) is 35.9 Å². The molecular weight excluding hydrogens is 266 g/mol. The van der Waals surface area contributed by atoms with E-state index in [2.05, 4.69) is 35.2 Å². The lowest BCUT2D eigenvalue weighted by Crippen LogP contribution is -2.43. The van der Waals surface area contributed by atoms with Crippen LogP contribution in [0.25, 0.3) is 0 Å². The summed E-state index contributed by atoms with van der Waals surface area (Å²) in [5.74, 6) is -0.189. The number of hydrogen-bond donors (Lipinski definition) is 0. The Balaban J connectivity index is 1.63. The van der Waals surface area contributed by atoms with Crippen molar-refractivity contribution in [3.8, 4) is 0 Å². The topological polar surface area (TPSA) is 38.8 Å². The summed E-state index contributed by atoms with van der Waals surface area (Å²) in [6, 6.07) is 10.6. The molecule has 0 aliphatic carbocycles. The lowest BCUT2D eigenvalue weighted by atomic mass is 10.1. The molecule has 4 heteroatoms. The van der Waals surface area contributed by atoms with Crippen LogP contribution in [-0.2, 0) is 20.7 Å². The van der Waals surface area contributed by atoms with Crippen LogP contribution >= 0.6 is 0 Å². The first-order valence-corrected chi connectivity index (χ1v) is 7.72. The van der Waals surface area contributed by atoms with Crippen LogP contribution in [0.15, 0.2) is 30.3 Å². The van der Waals surface area contributed by atoms with Gasteiger partial charge in [0.05, 0.1) is 26.2 Å². The van der Waals surface area contributed by atoms with Crippen molar-refractivity contribution in [1.29, 1.82) is 0 Å². The zero-order valence-corrected chi connectivity index (χ0v) is 12.8. The van der Waals surface area contributed by atoms with Crippen LogP contribution in [0.3, 0.4) is 0 Å². The molecule has 4 nitrogen and oxygen atoms in total. The molecule has 0 N–H and O–H groups in total. The third-order valence-corrected chi connectivity index (χ3v) is 3.88. The van der Waals surface area contributed by atoms with Gasteiger partial charge in [-0.2, -0.15) is 0 Å². The van der Waals surface area contributed by atoms with Gasteiger partial charge in [0.15, 0.2) is 0 Å². The average molecular weight is 291 g/mol. The van der Waals surface area contributed by atoms with E-state index in [1.165, 1.54) is 25.5 Å². The van der Waals surface area contributed by atoms with Gasteiger partial charge in [-0.3, -0.25) is 9.69 Å². The molecule has 116 valence electrons. The molecule has 1 aromatic rings. The van der Waals surface area contributed by atoms with E-state index in [4.69, 9.17) is 9.47 Å². The number of morpholine rings is 1. The molecule has 1 aromatic carbocycles. The first-order valence-electron chi connectivity index (χ1n) is 7.72. The predicted octanol–water partition coefficient (Wildman–Crippen LogP) is 2.27. The number of rotatable bonds is 7. The number of carbonyl (C=O) groups excluding carboxylic acids is 1. The third-order valence-electron chi connectivity index (χ3n) is 3.88. The maximum Gasteiger partial charge on any atom is 0.308 e. The molecule has 0 aromatic heterocycles. The van der Waals surface area contributed by atoms with Crippen molar-refractivity contribution in [2.75, 3.05) is 33.4 Å². The second-order valence-corrected chi connectivity index (χ2v) is 5.52. The van der Waals surface area contributed by atoms with E-state index >= 15 is 0 Å². The van der Waals surface area contributed by atoms with Crippen LogP contribution in [-0.4, -0.2) is 50.3 Å². The maximum atomic E-state index is 11.3. The zero-order chi connectivity index (χ0) is 14.9. The number of esters is 1. The normalized spacial score (nSPS) is 19.4. The predicted molar refractivity (Wildman–Crippen MR) is 82.2 cm³/mol. The quantitative estimate of drug-likeness (QED) is 0.570. The number of ether oxygens (including phenoxy) is 2. The fraction of sp³-hybridized carbons (Fsp3) is 0.588. The van der Waals surface area contributed by atoms with Gasteiger partial charge < -0.3 is 9.47 Å². The molecule has 0 bridgehead atoms. The molecule has 21 heavy (non-hydrogen) atoms. The molecule has 1 heterocycles. The lowest BCUT2D eigenvalue weighted by Gasteiger charge is -2.32. The summed E-state index contributed by atoms with van der Waals surface area (Å²) in [7, 11) is 1.42. The molecule has 2 rings (SSSR count). The molecule has 1 aliphatic heterocycles. The van der Waals surface area contributed by atoms with E-state index in [1.807, 2.05) is 0 Å². The number of aryl methyl sites for hydroxylation is 1. The van der Waals surface area contributed by atoms with E-state index in [-0.39, 0.29) is 12.1 Å². The van der Waals surface area contributed by atoms with Crippen molar-refractivity contribution >= 4 is 5.97 Å². The van der Waals surface area contributed by atoms with Gasteiger partial charge >= 0.3 is 5.97 Å². The number of hydrogen-bond acceptors (Lipinski definition) is 4. The van der Waals surface area contributed by atoms with Gasteiger partial charge in [0.2, 0.25) is 0 Å². The summed E-state index contributed by atoms with van der Waals surface area (Å²) in [6.45, 7) is 3.58. The number of benzene rings is 1. The fourth-order valence-electron chi connectivity index (χ4n) is 2.69. The van der Waals surface area contributed by atoms with Gasteiger partial charge in [0, 0.05) is 13.1 Å². The standard InChI is InChI=1S/C17H25NO3/c1-20-17(19)13-16-14-18(11-12-21-16)10-6-5-9-15-7-3-2-4-8-15/h2-4,7-8,16H,5-6,9-14H2,1H3. The first kappa shape index (κ1) is 16.0. The molecule has 0 amide bonds. The van der Waals surface area contributed by atoms with Crippen LogP contribution in [0.4, 0.5) is 0 Å². The highest BCUT2D eigenvalue weighted by Crippen LogP contribution is 2.11. The summed E-state index contributed by atoms with van der Waals surface area (Å²) in [5, 5.41) is 0. The largest absolute Gasteiger partial charge is 0.469 e. The molecule has 0 radical (unpaired) electrons. The molecule has 1 aliphatic rings. The minimum absolute atomic E-state index is 0.0136. The number of carbonyl (C=O) groups is 1. The molecule has 1 saturated heterocycles. The molecule has 1 atom stereocenters. The zero-order valence-electron chi connectivity index (χ0n) is 12.8. The first-order chi connectivity index (χ1) is 10.3. The van der Waals surface area contributed by atoms with E-state index in [1.54, 1.807) is 0 Å². The summed E-state index contributed by atoms with van der Waals surface area (Å²) >= 11 is 0. The van der Waals surface area contributed by atoms with Gasteiger partial charge in [-0.05, 0) is 31.4 Å². The van der Waals surface area contributed by atoms with Crippen LogP contribution < -0.4 is 0 Å². The summed E-state index contributed by atoms with van der Waals surface area (Å²) in [4.78, 5) is 13.7. The van der Waals surface area contributed by atoms with E-state index in [0.29, 0.717) is 13.0 Å². The summed E-state index contributed by atoms with van der Waals surface area (Å²) < 4.78 is 10.3. The molecular formula is C17H25NO3. The summed E-state index contributed by atoms with van der Waals surface area (Å²) in [6.07, 6.45) is 3.86. The van der Waals surface area contributed by atoms with Crippen LogP contribution in [0.2, 0.25) is 0 Å². The van der Waals surface area contributed by atoms with Crippen molar-refractivity contribution in [2.45, 2.75) is 31.8 Å². The van der Waals surface area contributed by atoms with Gasteiger partial charge in [-0.1, -0.05) is 30.3 Å². The molecule has 0 spiro atoms. The van der Waals surface area contributed by atoms with Crippen molar-refractivity contribution in [1.82, 2.24) is 4.90 Å². The number of unbranched alkanes of at least 4 members (excludes halogenated alkanes) is 1. The van der Waals surface area contributed by atoms with E-state index in [0.717, 1.165) is 26.1 Å². The van der Waals surface area contributed by atoms with Gasteiger partial charge in [0.1, 0.15) is 0 Å². The Kier molecular flexibility index (Phi) is 6.70. The van der Waals surface area contributed by atoms with Crippen LogP contribution in [0.1, 0.15) is 24.8 Å². The Morgan fingerprint density at radius 1 is 1.33 bits per heavy atom. The number of nitrogens with zero attached hydrogens (tertiary/aromatic N) is 1. The van der Waals surface area contributed by atoms with Gasteiger partial charge in [-0.15, -0.1) is 0 Å². The number of methoxy groups -OCH3 is 1. The van der Waals surface area contributed by atoms with Crippen molar-refractivity contribution < 1.29 is 14.3 Å². The minimum Gasteiger partial charge on any atom is -0.469 e. The highest BCUT2D eigenvalue weighted by Gasteiger charge is 2.22. The second kappa shape index (κ2) is 8.80. The Morgan fingerprint density at radius 3 is 2.90 bits per heavy atom. The molecule has 1 fully saturated rings.